The molecular weight excluding hydrogens is 1190 g/mol. The summed E-state index contributed by atoms with van der Waals surface area (Å²) in [5.74, 6) is -7.04. The van der Waals surface area contributed by atoms with Crippen LogP contribution in [0, 0.1) is 0 Å². The van der Waals surface area contributed by atoms with E-state index in [1.54, 1.807) is 23.7 Å². The Balaban J connectivity index is 0.853. The van der Waals surface area contributed by atoms with Crippen LogP contribution in [0.2, 0.25) is 0 Å². The number of aromatic nitrogens is 7. The van der Waals surface area contributed by atoms with Gasteiger partial charge in [0.1, 0.15) is 34.0 Å². The minimum Gasteiger partial charge on any atom is -0.512 e. The lowest BCUT2D eigenvalue weighted by Crippen LogP contribution is -2.46. The number of aliphatic hydroxyl groups excluding tert-OH is 1. The Morgan fingerprint density at radius 1 is 0.633 bits per heavy atom. The quantitative estimate of drug-likeness (QED) is 0.0151. The number of hydrogen-bond donors (Lipinski definition) is 9. The summed E-state index contributed by atoms with van der Waals surface area (Å²) < 4.78 is 17.4. The van der Waals surface area contributed by atoms with E-state index in [0.717, 1.165) is 42.7 Å². The fourth-order valence-electron chi connectivity index (χ4n) is 10.2. The first-order valence-electron chi connectivity index (χ1n) is 29.5. The van der Waals surface area contributed by atoms with E-state index in [1.165, 1.54) is 9.36 Å². The second-order valence-electron chi connectivity index (χ2n) is 21.4. The highest BCUT2D eigenvalue weighted by Crippen LogP contribution is 2.36. The van der Waals surface area contributed by atoms with Gasteiger partial charge in [-0.25, -0.2) is 9.59 Å². The van der Waals surface area contributed by atoms with Gasteiger partial charge in [0.25, 0.3) is 0 Å². The molecule has 0 aliphatic carbocycles. The molecule has 3 amide bonds. The van der Waals surface area contributed by atoms with Crippen LogP contribution in [-0.2, 0) is 82.2 Å². The minimum atomic E-state index is -1.34. The molecule has 4 heterocycles. The Kier molecular flexibility index (Phi) is 28.1. The number of anilines is 1. The molecule has 6 rings (SSSR count). The Morgan fingerprint density at radius 2 is 1.20 bits per heavy atom. The van der Waals surface area contributed by atoms with E-state index in [4.69, 9.17) is 24.8 Å². The molecule has 486 valence electrons. The van der Waals surface area contributed by atoms with Crippen molar-refractivity contribution in [3.8, 4) is 0 Å². The number of carboxylic acid groups (broad SMARTS) is 5. The van der Waals surface area contributed by atoms with Crippen LogP contribution >= 0.6 is 11.3 Å². The number of hydrogen-bond acceptors (Lipinski definition) is 20. The van der Waals surface area contributed by atoms with Crippen LogP contribution < -0.4 is 25.4 Å². The molecule has 90 heavy (non-hydrogen) atoms. The number of carbonyl (C=O) groups is 9. The summed E-state index contributed by atoms with van der Waals surface area (Å²) in [6.45, 7) is 3.35. The summed E-state index contributed by atoms with van der Waals surface area (Å²) in [5.41, 5.74) is 4.21. The molecule has 30 nitrogen and oxygen atoms in total. The molecule has 0 saturated heterocycles. The molecular formula is C59H78N13O17S+. The number of carboxylic acids is 5. The number of unbranched alkanes of at least 4 members (excludes halogenated alkanes) is 3. The monoisotopic (exact) mass is 1270 g/mol. The maximum absolute atomic E-state index is 12.7. The fraction of sp³-hybridized carbons (Fsp3) is 0.492. The molecule has 9 N–H and O–H groups in total. The minimum absolute atomic E-state index is 0.0339. The van der Waals surface area contributed by atoms with Crippen molar-refractivity contribution in [2.24, 2.45) is 0 Å². The molecule has 3 unspecified atom stereocenters. The van der Waals surface area contributed by atoms with Crippen molar-refractivity contribution in [1.29, 1.82) is 0 Å². The summed E-state index contributed by atoms with van der Waals surface area (Å²) in [6.07, 6.45) is 10.8. The van der Waals surface area contributed by atoms with Crippen LogP contribution in [0.15, 0.2) is 85.5 Å². The van der Waals surface area contributed by atoms with E-state index in [1.807, 2.05) is 24.3 Å². The zero-order valence-electron chi connectivity index (χ0n) is 49.8. The zero-order valence-corrected chi connectivity index (χ0v) is 50.6. The van der Waals surface area contributed by atoms with Crippen molar-refractivity contribution in [2.75, 3.05) is 57.4 Å². The van der Waals surface area contributed by atoms with E-state index in [-0.39, 0.29) is 108 Å². The molecule has 1 aliphatic rings. The predicted molar refractivity (Wildman–Crippen MR) is 322 cm³/mol. The number of ether oxygens (including phenoxy) is 2. The number of aliphatic carboxylic acids is 5. The summed E-state index contributed by atoms with van der Waals surface area (Å²) in [6, 6.07) is 14.0. The number of carbonyl (C=O) groups excluding carboxylic acids is 4. The second-order valence-corrected chi connectivity index (χ2v) is 22.5. The smallest absolute Gasteiger partial charge is 0.407 e. The highest BCUT2D eigenvalue weighted by molar-refractivity contribution is 7.18. The van der Waals surface area contributed by atoms with Gasteiger partial charge in [-0.1, -0.05) is 77.6 Å². The molecule has 0 bridgehead atoms. The number of benzene rings is 2. The standard InChI is InChI=1S/C59H77N13O17S/c1-40(73)34-68(37-53(76)77)48(56(82)83)18-9-10-23-60-51(75)22-28-71-36-43(64-66-71)33-61-58(86)88-29-11-24-67-26-20-41(45-14-5-6-15-46(45)67)31-52-72(47-16-7-8-19-50(47)90-52)25-12-30-89-59(87)62-32-42-35-70(65-63-42)27-21-44(74)13-3-2-4-17-49(57(84)85)69(38-54(78)79)39-55(80)81/h5-8,14-16,19-20,26,35-36,41,48-49H,1-4,9-13,17-18,21-25,27-34,37-39H2,(H8-,60,61,62,73,75,76,77,78,79,80,81,82,83,84,85,86,87)/p+1. The van der Waals surface area contributed by atoms with Crippen LogP contribution in [0.1, 0.15) is 105 Å². The summed E-state index contributed by atoms with van der Waals surface area (Å²) in [5, 5.41) is 81.6. The van der Waals surface area contributed by atoms with Crippen molar-refractivity contribution in [2.45, 2.75) is 134 Å². The van der Waals surface area contributed by atoms with Crippen molar-refractivity contribution in [3.05, 3.63) is 107 Å². The third kappa shape index (κ3) is 23.6. The van der Waals surface area contributed by atoms with Gasteiger partial charge in [0.05, 0.1) is 83.6 Å². The molecule has 31 heteroatoms. The van der Waals surface area contributed by atoms with Crippen molar-refractivity contribution in [1.82, 2.24) is 55.7 Å². The lowest BCUT2D eigenvalue weighted by atomic mass is 9.91. The molecule has 1 aliphatic heterocycles. The number of aliphatic hydroxyl groups is 1. The topological polar surface area (TPSA) is 405 Å². The Hall–Kier alpha value is -9.36. The normalized spacial score (nSPS) is 13.4. The number of amides is 3. The van der Waals surface area contributed by atoms with Gasteiger partial charge in [-0.05, 0) is 56.2 Å². The number of Topliss-reactive ketones (excluding diaryl/α,β-unsaturated/α-hetero) is 1. The molecule has 0 saturated carbocycles. The number of alkyl carbamates (subject to hydrolysis) is 2. The maximum atomic E-state index is 12.7. The largest absolute Gasteiger partial charge is 0.512 e. The first-order valence-corrected chi connectivity index (χ1v) is 30.3. The third-order valence-electron chi connectivity index (χ3n) is 14.5. The number of para-hydroxylation sites is 2. The number of ketones is 1. The van der Waals surface area contributed by atoms with Crippen LogP contribution in [0.5, 0.6) is 0 Å². The summed E-state index contributed by atoms with van der Waals surface area (Å²) >= 11 is 1.72. The number of aryl methyl sites for hydroxylation is 3. The summed E-state index contributed by atoms with van der Waals surface area (Å²) in [4.78, 5) is 112. The predicted octanol–water partition coefficient (Wildman–Crippen LogP) is 4.09. The maximum Gasteiger partial charge on any atom is 0.407 e. The van der Waals surface area contributed by atoms with Gasteiger partial charge in [-0.2, -0.15) is 4.57 Å². The van der Waals surface area contributed by atoms with E-state index in [2.05, 4.69) is 89.2 Å². The highest BCUT2D eigenvalue weighted by atomic mass is 32.1. The SMILES string of the molecule is C=C(O)CN(CC(=O)O)C(CCCCNC(=O)CCn1cc(CNC(=O)OCCCN2C=CC(Cc3sc4ccccc4[n+]3CCCOC(=O)NCc3cn(CCC(=O)CCCCCC(C(=O)O)N(CC(=O)O)CC(=O)O)nn3)c3ccccc32)nn1)C(=O)O. The van der Waals surface area contributed by atoms with Crippen LogP contribution in [-0.4, -0.2) is 189 Å². The highest BCUT2D eigenvalue weighted by Gasteiger charge is 2.31. The van der Waals surface area contributed by atoms with Crippen molar-refractivity contribution in [3.63, 3.8) is 0 Å². The molecule has 0 radical (unpaired) electrons. The number of thiazole rings is 1. The second kappa shape index (κ2) is 36.2. The molecule has 0 spiro atoms. The average Bonchev–Trinajstić information content (AvgIpc) is 1.55. The van der Waals surface area contributed by atoms with Gasteiger partial charge in [0.15, 0.2) is 6.54 Å². The first-order chi connectivity index (χ1) is 43.2. The Labute approximate surface area is 521 Å². The van der Waals surface area contributed by atoms with Crippen molar-refractivity contribution >= 4 is 81.0 Å². The molecule has 0 fully saturated rings. The molecule has 2 aromatic carbocycles. The molecule has 3 atom stereocenters. The van der Waals surface area contributed by atoms with Gasteiger partial charge in [0, 0.05) is 69.2 Å². The number of nitrogens with zero attached hydrogens (tertiary/aromatic N) is 10. The van der Waals surface area contributed by atoms with Crippen LogP contribution in [0.3, 0.4) is 0 Å². The van der Waals surface area contributed by atoms with Crippen LogP contribution in [0.25, 0.3) is 10.2 Å². The molecule has 5 aromatic rings. The number of allylic oxidation sites excluding steroid dienone is 1. The lowest BCUT2D eigenvalue weighted by molar-refractivity contribution is -0.675. The Bertz CT molecular complexity index is 3260. The van der Waals surface area contributed by atoms with E-state index in [0.29, 0.717) is 69.4 Å². The van der Waals surface area contributed by atoms with Gasteiger partial charge in [-0.15, -0.1) is 10.2 Å². The summed E-state index contributed by atoms with van der Waals surface area (Å²) in [7, 11) is 0. The molecule has 3 aromatic heterocycles. The lowest BCUT2D eigenvalue weighted by Gasteiger charge is -2.30. The first kappa shape index (κ1) is 69.7. The number of nitrogens with one attached hydrogen (secondary N) is 3. The van der Waals surface area contributed by atoms with E-state index < -0.39 is 73.8 Å². The average molecular weight is 1270 g/mol. The van der Waals surface area contributed by atoms with Gasteiger partial charge in [0.2, 0.25) is 16.4 Å². The van der Waals surface area contributed by atoms with E-state index >= 15 is 0 Å². The van der Waals surface area contributed by atoms with Gasteiger partial charge in [-0.3, -0.25) is 52.7 Å². The van der Waals surface area contributed by atoms with Crippen LogP contribution in [0.4, 0.5) is 15.3 Å². The number of rotatable bonds is 43. The third-order valence-corrected chi connectivity index (χ3v) is 15.6. The fourth-order valence-corrected chi connectivity index (χ4v) is 11.4. The zero-order chi connectivity index (χ0) is 65.0. The van der Waals surface area contributed by atoms with Gasteiger partial charge < -0.3 is 61.0 Å². The number of fused-ring (bicyclic) bond motifs is 2. The Morgan fingerprint density at radius 3 is 1.81 bits per heavy atom. The van der Waals surface area contributed by atoms with Crippen molar-refractivity contribution < 1.29 is 87.8 Å². The van der Waals surface area contributed by atoms with E-state index in [9.17, 15) is 58.5 Å². The van der Waals surface area contributed by atoms with Gasteiger partial charge >= 0.3 is 42.0 Å².